The Kier molecular flexibility index (Phi) is 12.2. The molecule has 0 bridgehead atoms. The second-order valence-corrected chi connectivity index (χ2v) is 6.64. The van der Waals surface area contributed by atoms with Gasteiger partial charge in [-0.1, -0.05) is 0 Å². The molecule has 6 nitrogen and oxygen atoms in total. The number of thiophene rings is 1. The summed E-state index contributed by atoms with van der Waals surface area (Å²) in [6.07, 6.45) is 2.14. The third-order valence-corrected chi connectivity index (χ3v) is 4.97. The highest BCUT2D eigenvalue weighted by atomic mass is 127. The van der Waals surface area contributed by atoms with Gasteiger partial charge in [0.2, 0.25) is 0 Å². The molecular formula is C17H31IN4O2S. The van der Waals surface area contributed by atoms with Crippen molar-refractivity contribution in [3.63, 3.8) is 0 Å². The van der Waals surface area contributed by atoms with Gasteiger partial charge in [0, 0.05) is 53.5 Å². The fraction of sp³-hybridized carbons (Fsp3) is 0.706. The van der Waals surface area contributed by atoms with Crippen LogP contribution in [0.3, 0.4) is 0 Å². The molecule has 1 saturated heterocycles. The molecule has 0 aliphatic carbocycles. The van der Waals surface area contributed by atoms with E-state index >= 15 is 0 Å². The number of aliphatic imine (C=N–C) groups is 1. The minimum absolute atomic E-state index is 0. The molecule has 0 unspecified atom stereocenters. The number of piperazine rings is 1. The lowest BCUT2D eigenvalue weighted by atomic mass is 10.3. The predicted molar refractivity (Wildman–Crippen MR) is 117 cm³/mol. The van der Waals surface area contributed by atoms with Crippen molar-refractivity contribution in [2.45, 2.75) is 12.8 Å². The van der Waals surface area contributed by atoms with Crippen molar-refractivity contribution >= 4 is 46.3 Å². The maximum absolute atomic E-state index is 5.47. The SMILES string of the molecule is CN=C(NCCCCOCCOC)N1CCN(c2cccs2)CC1.I. The molecule has 0 radical (unpaired) electrons. The van der Waals surface area contributed by atoms with Crippen LogP contribution in [0.2, 0.25) is 0 Å². The van der Waals surface area contributed by atoms with Crippen LogP contribution in [-0.4, -0.2) is 77.6 Å². The van der Waals surface area contributed by atoms with Gasteiger partial charge in [-0.25, -0.2) is 0 Å². The summed E-state index contributed by atoms with van der Waals surface area (Å²) in [5.41, 5.74) is 0. The molecule has 1 N–H and O–H groups in total. The van der Waals surface area contributed by atoms with Crippen LogP contribution in [0.25, 0.3) is 0 Å². The first-order valence-corrected chi connectivity index (χ1v) is 9.54. The van der Waals surface area contributed by atoms with Crippen LogP contribution >= 0.6 is 35.3 Å². The number of nitrogens with zero attached hydrogens (tertiary/aromatic N) is 3. The summed E-state index contributed by atoms with van der Waals surface area (Å²) in [5, 5.41) is 6.98. The molecule has 0 spiro atoms. The summed E-state index contributed by atoms with van der Waals surface area (Å²) in [4.78, 5) is 9.22. The van der Waals surface area contributed by atoms with Crippen LogP contribution in [0.15, 0.2) is 22.5 Å². The molecule has 8 heteroatoms. The highest BCUT2D eigenvalue weighted by Crippen LogP contribution is 2.22. The van der Waals surface area contributed by atoms with Crippen molar-refractivity contribution in [3.8, 4) is 0 Å². The third kappa shape index (κ3) is 8.10. The van der Waals surface area contributed by atoms with E-state index in [1.165, 1.54) is 5.00 Å². The van der Waals surface area contributed by atoms with Crippen LogP contribution in [-0.2, 0) is 9.47 Å². The topological polar surface area (TPSA) is 49.3 Å². The summed E-state index contributed by atoms with van der Waals surface area (Å²) in [6.45, 7) is 7.20. The number of methoxy groups -OCH3 is 1. The second kappa shape index (κ2) is 13.6. The van der Waals surface area contributed by atoms with Crippen molar-refractivity contribution < 1.29 is 9.47 Å². The average molecular weight is 482 g/mol. The van der Waals surface area contributed by atoms with Gasteiger partial charge in [-0.3, -0.25) is 4.99 Å². The Bertz CT molecular complexity index is 465. The number of hydrogen-bond acceptors (Lipinski definition) is 5. The monoisotopic (exact) mass is 482 g/mol. The van der Waals surface area contributed by atoms with Gasteiger partial charge >= 0.3 is 0 Å². The van der Waals surface area contributed by atoms with Crippen LogP contribution in [0, 0.1) is 0 Å². The second-order valence-electron chi connectivity index (χ2n) is 5.71. The lowest BCUT2D eigenvalue weighted by Gasteiger charge is -2.37. The Hall–Kier alpha value is -0.580. The molecule has 1 aliphatic heterocycles. The Morgan fingerprint density at radius 1 is 1.20 bits per heavy atom. The molecule has 0 aromatic carbocycles. The molecule has 1 fully saturated rings. The number of anilines is 1. The molecule has 1 aromatic heterocycles. The first-order chi connectivity index (χ1) is 11.8. The van der Waals surface area contributed by atoms with E-state index in [2.05, 4.69) is 37.6 Å². The highest BCUT2D eigenvalue weighted by molar-refractivity contribution is 14.0. The smallest absolute Gasteiger partial charge is 0.193 e. The number of nitrogens with one attached hydrogen (secondary N) is 1. The van der Waals surface area contributed by atoms with Crippen LogP contribution in [0.1, 0.15) is 12.8 Å². The van der Waals surface area contributed by atoms with Gasteiger partial charge < -0.3 is 24.6 Å². The number of unbranched alkanes of at least 4 members (excludes halogenated alkanes) is 1. The van der Waals surface area contributed by atoms with E-state index in [1.807, 2.05) is 18.4 Å². The van der Waals surface area contributed by atoms with Gasteiger partial charge in [-0.2, -0.15) is 0 Å². The van der Waals surface area contributed by atoms with E-state index in [1.54, 1.807) is 7.11 Å². The Labute approximate surface area is 172 Å². The Morgan fingerprint density at radius 3 is 2.64 bits per heavy atom. The number of rotatable bonds is 9. The van der Waals surface area contributed by atoms with Crippen molar-refractivity contribution in [2.24, 2.45) is 4.99 Å². The highest BCUT2D eigenvalue weighted by Gasteiger charge is 2.19. The summed E-state index contributed by atoms with van der Waals surface area (Å²) >= 11 is 1.81. The lowest BCUT2D eigenvalue weighted by molar-refractivity contribution is 0.0689. The van der Waals surface area contributed by atoms with Gasteiger partial charge in [0.15, 0.2) is 5.96 Å². The van der Waals surface area contributed by atoms with Crippen LogP contribution in [0.4, 0.5) is 5.00 Å². The molecule has 1 aromatic rings. The fourth-order valence-electron chi connectivity index (χ4n) is 2.69. The zero-order valence-corrected chi connectivity index (χ0v) is 18.4. The van der Waals surface area contributed by atoms with E-state index in [0.29, 0.717) is 13.2 Å². The summed E-state index contributed by atoms with van der Waals surface area (Å²) in [6, 6.07) is 4.31. The molecule has 0 saturated carbocycles. The number of hydrogen-bond donors (Lipinski definition) is 1. The minimum atomic E-state index is 0. The molecule has 0 atom stereocenters. The standard InChI is InChI=1S/C17H30N4O2S.HI/c1-18-17(19-7-3-4-12-23-14-13-22-2)21-10-8-20(9-11-21)16-6-5-15-24-16;/h5-6,15H,3-4,7-14H2,1-2H3,(H,18,19);1H. The van der Waals surface area contributed by atoms with Crippen molar-refractivity contribution in [2.75, 3.05) is 71.6 Å². The molecular weight excluding hydrogens is 451 g/mol. The fourth-order valence-corrected chi connectivity index (χ4v) is 3.48. The Balaban J connectivity index is 0.00000312. The van der Waals surface area contributed by atoms with E-state index in [9.17, 15) is 0 Å². The normalized spacial score (nSPS) is 15.2. The molecule has 1 aliphatic rings. The van der Waals surface area contributed by atoms with Crippen LogP contribution in [0.5, 0.6) is 0 Å². The van der Waals surface area contributed by atoms with Crippen molar-refractivity contribution in [1.82, 2.24) is 10.2 Å². The maximum Gasteiger partial charge on any atom is 0.193 e. The zero-order chi connectivity index (χ0) is 17.0. The van der Waals surface area contributed by atoms with Gasteiger partial charge in [0.1, 0.15) is 0 Å². The predicted octanol–water partition coefficient (Wildman–Crippen LogP) is 2.51. The van der Waals surface area contributed by atoms with E-state index in [0.717, 1.165) is 58.1 Å². The summed E-state index contributed by atoms with van der Waals surface area (Å²) in [7, 11) is 3.56. The lowest BCUT2D eigenvalue weighted by Crippen LogP contribution is -2.52. The first-order valence-electron chi connectivity index (χ1n) is 8.66. The van der Waals surface area contributed by atoms with Crippen LogP contribution < -0.4 is 10.2 Å². The molecule has 25 heavy (non-hydrogen) atoms. The largest absolute Gasteiger partial charge is 0.382 e. The van der Waals surface area contributed by atoms with Gasteiger partial charge in [-0.05, 0) is 30.4 Å². The molecule has 2 heterocycles. The third-order valence-electron chi connectivity index (χ3n) is 4.04. The van der Waals surface area contributed by atoms with E-state index in [4.69, 9.17) is 9.47 Å². The minimum Gasteiger partial charge on any atom is -0.382 e. The number of guanidine groups is 1. The zero-order valence-electron chi connectivity index (χ0n) is 15.3. The summed E-state index contributed by atoms with van der Waals surface area (Å²) < 4.78 is 10.4. The number of halogens is 1. The Morgan fingerprint density at radius 2 is 2.00 bits per heavy atom. The quantitative estimate of drug-likeness (QED) is 0.254. The summed E-state index contributed by atoms with van der Waals surface area (Å²) in [5.74, 6) is 1.01. The van der Waals surface area contributed by atoms with Gasteiger partial charge in [-0.15, -0.1) is 35.3 Å². The average Bonchev–Trinajstić information content (AvgIpc) is 3.15. The van der Waals surface area contributed by atoms with E-state index < -0.39 is 0 Å². The maximum atomic E-state index is 5.47. The van der Waals surface area contributed by atoms with Gasteiger partial charge in [0.25, 0.3) is 0 Å². The number of ether oxygens (including phenoxy) is 2. The van der Waals surface area contributed by atoms with E-state index in [-0.39, 0.29) is 24.0 Å². The van der Waals surface area contributed by atoms with Crippen molar-refractivity contribution in [3.05, 3.63) is 17.5 Å². The van der Waals surface area contributed by atoms with Crippen molar-refractivity contribution in [1.29, 1.82) is 0 Å². The molecule has 2 rings (SSSR count). The van der Waals surface area contributed by atoms with Gasteiger partial charge in [0.05, 0.1) is 18.2 Å². The molecule has 144 valence electrons. The first kappa shape index (κ1) is 22.5. The molecule has 0 amide bonds.